The molecule has 2 unspecified atom stereocenters. The Kier molecular flexibility index (Phi) is 4.63. The second-order valence-corrected chi connectivity index (χ2v) is 7.82. The molecule has 2 aromatic carbocycles. The monoisotopic (exact) mass is 430 g/mol. The van der Waals surface area contributed by atoms with E-state index in [9.17, 15) is 14.5 Å². The van der Waals surface area contributed by atoms with E-state index in [1.54, 1.807) is 6.07 Å². The van der Waals surface area contributed by atoms with Crippen LogP contribution in [0.1, 0.15) is 0 Å². The van der Waals surface area contributed by atoms with E-state index in [1.165, 1.54) is 30.6 Å². The van der Waals surface area contributed by atoms with E-state index in [0.29, 0.717) is 46.8 Å². The predicted molar refractivity (Wildman–Crippen MR) is 108 cm³/mol. The molecule has 10 heteroatoms. The first-order chi connectivity index (χ1) is 14.5. The number of nitro groups is 1. The van der Waals surface area contributed by atoms with E-state index in [4.69, 9.17) is 21.1 Å². The number of fused-ring (bicyclic) bond motifs is 2. The highest BCUT2D eigenvalue weighted by Crippen LogP contribution is 2.51. The molecule has 1 aromatic heterocycles. The van der Waals surface area contributed by atoms with E-state index in [1.807, 2.05) is 0 Å². The van der Waals surface area contributed by atoms with Gasteiger partial charge in [-0.15, -0.1) is 0 Å². The summed E-state index contributed by atoms with van der Waals surface area (Å²) >= 11 is 5.82. The molecule has 1 N–H and O–H groups in total. The van der Waals surface area contributed by atoms with Crippen molar-refractivity contribution < 1.29 is 18.8 Å². The Morgan fingerprint density at radius 3 is 2.80 bits per heavy atom. The van der Waals surface area contributed by atoms with Crippen LogP contribution in [0.5, 0.6) is 5.75 Å². The zero-order valence-electron chi connectivity index (χ0n) is 15.5. The van der Waals surface area contributed by atoms with Gasteiger partial charge in [-0.25, -0.2) is 14.4 Å². The fourth-order valence-electron chi connectivity index (χ4n) is 3.93. The zero-order valence-corrected chi connectivity index (χ0v) is 16.3. The average molecular weight is 431 g/mol. The fourth-order valence-corrected chi connectivity index (χ4v) is 4.11. The minimum atomic E-state index is -0.543. The topological polar surface area (TPSA) is 99.4 Å². The number of hydrogen-bond acceptors (Lipinski definition) is 7. The molecule has 2 aliphatic rings. The van der Waals surface area contributed by atoms with Crippen LogP contribution in [0, 0.1) is 33.7 Å². The number of hydrogen-bond donors (Lipinski definition) is 1. The third kappa shape index (κ3) is 3.40. The van der Waals surface area contributed by atoms with E-state index in [0.717, 1.165) is 13.2 Å². The van der Waals surface area contributed by atoms with Crippen molar-refractivity contribution in [3.05, 3.63) is 57.6 Å². The number of halogens is 2. The summed E-state index contributed by atoms with van der Waals surface area (Å²) in [6.45, 7) is 1.87. The smallest absolute Gasteiger partial charge is 0.311 e. The summed E-state index contributed by atoms with van der Waals surface area (Å²) < 4.78 is 24.6. The Morgan fingerprint density at radius 2 is 2.07 bits per heavy atom. The van der Waals surface area contributed by atoms with E-state index in [-0.39, 0.29) is 16.5 Å². The van der Waals surface area contributed by atoms with Gasteiger partial charge in [-0.2, -0.15) is 0 Å². The Bertz CT molecular complexity index is 1150. The van der Waals surface area contributed by atoms with Crippen molar-refractivity contribution in [1.82, 2.24) is 9.97 Å². The summed E-state index contributed by atoms with van der Waals surface area (Å²) in [5.41, 5.74) is 0.812. The number of nitrogens with zero attached hydrogens (tertiary/aromatic N) is 3. The molecule has 8 nitrogen and oxygen atoms in total. The first-order valence-corrected chi connectivity index (χ1v) is 9.75. The van der Waals surface area contributed by atoms with Gasteiger partial charge in [0.15, 0.2) is 5.75 Å². The van der Waals surface area contributed by atoms with Gasteiger partial charge >= 0.3 is 5.69 Å². The third-order valence-corrected chi connectivity index (χ3v) is 5.95. The Hall–Kier alpha value is -3.04. The van der Waals surface area contributed by atoms with Crippen LogP contribution in [-0.2, 0) is 4.74 Å². The Labute approximate surface area is 175 Å². The van der Waals surface area contributed by atoms with Crippen molar-refractivity contribution >= 4 is 39.7 Å². The van der Waals surface area contributed by atoms with Crippen molar-refractivity contribution in [3.63, 3.8) is 0 Å². The largest absolute Gasteiger partial charge is 0.486 e. The van der Waals surface area contributed by atoms with Crippen LogP contribution in [0.15, 0.2) is 36.7 Å². The number of nitro benzene ring substituents is 1. The minimum Gasteiger partial charge on any atom is -0.486 e. The number of anilines is 2. The second-order valence-electron chi connectivity index (χ2n) is 7.41. The molecule has 2 heterocycles. The van der Waals surface area contributed by atoms with Crippen LogP contribution in [0.4, 0.5) is 21.6 Å². The number of nitrogens with one attached hydrogen (secondary N) is 1. The van der Waals surface area contributed by atoms with Gasteiger partial charge in [0.05, 0.1) is 40.7 Å². The van der Waals surface area contributed by atoms with E-state index >= 15 is 0 Å². The number of benzene rings is 2. The van der Waals surface area contributed by atoms with Crippen LogP contribution in [0.2, 0.25) is 5.02 Å². The maximum Gasteiger partial charge on any atom is 0.311 e. The lowest BCUT2D eigenvalue weighted by Crippen LogP contribution is -2.09. The molecule has 2 atom stereocenters. The van der Waals surface area contributed by atoms with Gasteiger partial charge in [-0.3, -0.25) is 10.1 Å². The van der Waals surface area contributed by atoms with E-state index < -0.39 is 10.7 Å². The van der Waals surface area contributed by atoms with Crippen LogP contribution in [0.25, 0.3) is 10.9 Å². The van der Waals surface area contributed by atoms with Crippen LogP contribution in [-0.4, -0.2) is 34.7 Å². The van der Waals surface area contributed by atoms with Gasteiger partial charge in [0.1, 0.15) is 18.0 Å². The van der Waals surface area contributed by atoms with Crippen molar-refractivity contribution in [2.45, 2.75) is 0 Å². The normalized spacial score (nSPS) is 22.0. The SMILES string of the molecule is O=[N+]([O-])c1cc2c(Nc3ccc(F)c(Cl)c3)ncnc2cc1OCC1C2COCC21. The molecule has 0 amide bonds. The minimum absolute atomic E-state index is 0.0460. The number of ether oxygens (including phenoxy) is 2. The van der Waals surface area contributed by atoms with Crippen molar-refractivity contribution in [2.24, 2.45) is 17.8 Å². The summed E-state index contributed by atoms with van der Waals surface area (Å²) in [4.78, 5) is 19.6. The van der Waals surface area contributed by atoms with Gasteiger partial charge in [-0.05, 0) is 30.0 Å². The summed E-state index contributed by atoms with van der Waals surface area (Å²) in [5.74, 6) is 1.33. The average Bonchev–Trinajstić information content (AvgIpc) is 3.14. The summed E-state index contributed by atoms with van der Waals surface area (Å²) in [6.07, 6.45) is 1.34. The molecule has 154 valence electrons. The van der Waals surface area contributed by atoms with E-state index in [2.05, 4.69) is 15.3 Å². The molecule has 1 saturated heterocycles. The number of aromatic nitrogens is 2. The van der Waals surface area contributed by atoms with Crippen LogP contribution < -0.4 is 10.1 Å². The zero-order chi connectivity index (χ0) is 20.8. The van der Waals surface area contributed by atoms with Gasteiger partial charge in [-0.1, -0.05) is 11.6 Å². The quantitative estimate of drug-likeness (QED) is 0.458. The highest BCUT2D eigenvalue weighted by atomic mass is 35.5. The van der Waals surface area contributed by atoms with Gasteiger partial charge in [0, 0.05) is 23.7 Å². The first-order valence-electron chi connectivity index (χ1n) is 9.37. The van der Waals surface area contributed by atoms with Crippen molar-refractivity contribution in [2.75, 3.05) is 25.1 Å². The lowest BCUT2D eigenvalue weighted by atomic mass is 10.2. The number of rotatable bonds is 6. The highest BCUT2D eigenvalue weighted by molar-refractivity contribution is 6.31. The molecule has 0 radical (unpaired) electrons. The van der Waals surface area contributed by atoms with Gasteiger partial charge in [0.2, 0.25) is 0 Å². The van der Waals surface area contributed by atoms with Gasteiger partial charge in [0.25, 0.3) is 0 Å². The van der Waals surface area contributed by atoms with Gasteiger partial charge < -0.3 is 14.8 Å². The lowest BCUT2D eigenvalue weighted by Gasteiger charge is -2.12. The summed E-state index contributed by atoms with van der Waals surface area (Å²) in [5, 5.41) is 15.1. The molecule has 0 bridgehead atoms. The summed E-state index contributed by atoms with van der Waals surface area (Å²) in [6, 6.07) is 7.06. The third-order valence-electron chi connectivity index (χ3n) is 5.66. The van der Waals surface area contributed by atoms with Crippen LogP contribution in [0.3, 0.4) is 0 Å². The molecule has 1 aliphatic heterocycles. The summed E-state index contributed by atoms with van der Waals surface area (Å²) in [7, 11) is 0. The fraction of sp³-hybridized carbons (Fsp3) is 0.300. The van der Waals surface area contributed by atoms with Crippen molar-refractivity contribution in [1.29, 1.82) is 0 Å². The molecule has 30 heavy (non-hydrogen) atoms. The standard InChI is InChI=1S/C20H16ClFN4O4/c21-15-3-10(1-2-16(15)22)25-20-11-4-18(26(27)28)19(5-17(11)23-9-24-20)30-8-14-12-6-29-7-13(12)14/h1-5,9,12-14H,6-8H2,(H,23,24,25). The first kappa shape index (κ1) is 19.0. The maximum atomic E-state index is 13.4. The highest BCUT2D eigenvalue weighted by Gasteiger charge is 2.54. The molecule has 2 fully saturated rings. The molecule has 0 spiro atoms. The maximum absolute atomic E-state index is 13.4. The Balaban J connectivity index is 1.45. The second kappa shape index (κ2) is 7.33. The van der Waals surface area contributed by atoms with Crippen LogP contribution >= 0.6 is 11.6 Å². The molecule has 5 rings (SSSR count). The lowest BCUT2D eigenvalue weighted by molar-refractivity contribution is -0.385. The molecular formula is C20H16ClFN4O4. The van der Waals surface area contributed by atoms with Crippen molar-refractivity contribution in [3.8, 4) is 5.75 Å². The molecular weight excluding hydrogens is 415 g/mol. The molecule has 1 saturated carbocycles. The molecule has 3 aromatic rings. The Morgan fingerprint density at radius 1 is 1.27 bits per heavy atom. The molecule has 1 aliphatic carbocycles. The predicted octanol–water partition coefficient (Wildman–Crippen LogP) is 4.35.